The molecule has 2 bridgehead atoms. The summed E-state index contributed by atoms with van der Waals surface area (Å²) < 4.78 is 6.77. The van der Waals surface area contributed by atoms with Crippen molar-refractivity contribution in [3.05, 3.63) is 39.1 Å². The molecule has 0 aliphatic heterocycles. The highest BCUT2D eigenvalue weighted by Gasteiger charge is 2.44. The van der Waals surface area contributed by atoms with E-state index in [1.807, 2.05) is 39.8 Å². The topological polar surface area (TPSA) is 69.2 Å². The summed E-state index contributed by atoms with van der Waals surface area (Å²) in [6.45, 7) is 7.42. The molecule has 2 aromatic rings. The normalized spacial score (nSPS) is 21.6. The van der Waals surface area contributed by atoms with Gasteiger partial charge in [-0.1, -0.05) is 0 Å². The number of halogens is 1. The molecule has 2 heterocycles. The van der Waals surface area contributed by atoms with E-state index in [2.05, 4.69) is 20.9 Å². The fraction of sp³-hybridized carbons (Fsp3) is 0.455. The number of carbonyl (C=O) groups is 2. The van der Waals surface area contributed by atoms with Crippen molar-refractivity contribution >= 4 is 44.6 Å². The van der Waals surface area contributed by atoms with E-state index in [0.29, 0.717) is 17.0 Å². The van der Waals surface area contributed by atoms with Crippen LogP contribution in [0.4, 0.5) is 0 Å². The predicted molar refractivity (Wildman–Crippen MR) is 116 cm³/mol. The maximum absolute atomic E-state index is 13.3. The summed E-state index contributed by atoms with van der Waals surface area (Å²) >= 11 is 4.90. The number of esters is 1. The van der Waals surface area contributed by atoms with Crippen LogP contribution in [0.1, 0.15) is 50.6 Å². The summed E-state index contributed by atoms with van der Waals surface area (Å²) in [5.41, 5.74) is 1.25. The fourth-order valence-electron chi connectivity index (χ4n) is 3.85. The van der Waals surface area contributed by atoms with Gasteiger partial charge in [0, 0.05) is 27.4 Å². The van der Waals surface area contributed by atoms with Gasteiger partial charge in [0.1, 0.15) is 10.8 Å². The van der Waals surface area contributed by atoms with Crippen LogP contribution < -0.4 is 0 Å². The SMILES string of the molecule is Cc1sc(-c2ccc(Br)cn2)nc1C1=C(OC(=O)C(C)(C)C)[C@@H]2CC[C@@H](C2)C1=O. The lowest BCUT2D eigenvalue weighted by Crippen LogP contribution is -2.28. The molecular formula is C22H23BrN2O3S. The molecule has 0 spiro atoms. The van der Waals surface area contributed by atoms with Crippen LogP contribution in [0.25, 0.3) is 16.3 Å². The molecule has 5 nitrogen and oxygen atoms in total. The Morgan fingerprint density at radius 3 is 2.62 bits per heavy atom. The summed E-state index contributed by atoms with van der Waals surface area (Å²) in [5, 5.41) is 0.754. The van der Waals surface area contributed by atoms with E-state index in [0.717, 1.165) is 39.3 Å². The number of hydrogen-bond acceptors (Lipinski definition) is 6. The highest BCUT2D eigenvalue weighted by Crippen LogP contribution is 2.48. The summed E-state index contributed by atoms with van der Waals surface area (Å²) in [6, 6.07) is 3.81. The van der Waals surface area contributed by atoms with Crippen molar-refractivity contribution in [2.24, 2.45) is 17.3 Å². The first-order valence-electron chi connectivity index (χ1n) is 9.75. The number of allylic oxidation sites excluding steroid dienone is 2. The van der Waals surface area contributed by atoms with Crippen LogP contribution in [-0.4, -0.2) is 21.7 Å². The van der Waals surface area contributed by atoms with Crippen molar-refractivity contribution in [3.63, 3.8) is 0 Å². The van der Waals surface area contributed by atoms with Gasteiger partial charge in [0.2, 0.25) is 0 Å². The molecule has 152 valence electrons. The number of thiazole rings is 1. The van der Waals surface area contributed by atoms with Gasteiger partial charge < -0.3 is 4.74 Å². The third-order valence-electron chi connectivity index (χ3n) is 5.46. The number of rotatable bonds is 3. The van der Waals surface area contributed by atoms with Crippen molar-refractivity contribution in [1.29, 1.82) is 0 Å². The highest BCUT2D eigenvalue weighted by molar-refractivity contribution is 9.10. The zero-order valence-corrected chi connectivity index (χ0v) is 19.3. The number of aromatic nitrogens is 2. The van der Waals surface area contributed by atoms with Crippen LogP contribution in [0, 0.1) is 24.2 Å². The average molecular weight is 475 g/mol. The molecule has 2 aromatic heterocycles. The monoisotopic (exact) mass is 474 g/mol. The van der Waals surface area contributed by atoms with Crippen molar-refractivity contribution < 1.29 is 14.3 Å². The summed E-state index contributed by atoms with van der Waals surface area (Å²) in [4.78, 5) is 36.0. The van der Waals surface area contributed by atoms with Gasteiger partial charge in [-0.3, -0.25) is 14.6 Å². The third kappa shape index (κ3) is 3.82. The lowest BCUT2D eigenvalue weighted by Gasteiger charge is -2.26. The quantitative estimate of drug-likeness (QED) is 0.543. The molecule has 0 N–H and O–H groups in total. The van der Waals surface area contributed by atoms with E-state index in [-0.39, 0.29) is 23.6 Å². The van der Waals surface area contributed by atoms with Crippen molar-refractivity contribution in [2.45, 2.75) is 47.0 Å². The molecule has 4 rings (SSSR count). The first-order valence-corrected chi connectivity index (χ1v) is 11.4. The standard InChI is InChI=1S/C22H23BrN2O3S/c1-11-17(25-20(29-11)15-8-7-14(23)10-24-15)16-18(26)12-5-6-13(9-12)19(16)28-21(27)22(2,3)4/h7-8,10,12-13H,5-6,9H2,1-4H3/t12-,13+/m0/s1. The van der Waals surface area contributed by atoms with Gasteiger partial charge in [0.25, 0.3) is 0 Å². The van der Waals surface area contributed by atoms with Crippen molar-refractivity contribution in [1.82, 2.24) is 9.97 Å². The number of ketones is 1. The van der Waals surface area contributed by atoms with Crippen LogP contribution in [0.3, 0.4) is 0 Å². The van der Waals surface area contributed by atoms with Crippen molar-refractivity contribution in [3.8, 4) is 10.7 Å². The van der Waals surface area contributed by atoms with E-state index in [4.69, 9.17) is 9.72 Å². The second-order valence-electron chi connectivity index (χ2n) is 8.74. The third-order valence-corrected chi connectivity index (χ3v) is 6.92. The summed E-state index contributed by atoms with van der Waals surface area (Å²) in [5.74, 6) is 0.370. The summed E-state index contributed by atoms with van der Waals surface area (Å²) in [7, 11) is 0. The Kier molecular flexibility index (Phi) is 5.23. The Morgan fingerprint density at radius 2 is 1.97 bits per heavy atom. The van der Waals surface area contributed by atoms with Crippen LogP contribution in [0.5, 0.6) is 0 Å². The molecule has 0 radical (unpaired) electrons. The van der Waals surface area contributed by atoms with Crippen LogP contribution >= 0.6 is 27.3 Å². The Labute approximate surface area is 182 Å². The number of pyridine rings is 1. The van der Waals surface area contributed by atoms with Crippen LogP contribution in [0.2, 0.25) is 0 Å². The van der Waals surface area contributed by atoms with Gasteiger partial charge in [-0.15, -0.1) is 11.3 Å². The van der Waals surface area contributed by atoms with Crippen molar-refractivity contribution in [2.75, 3.05) is 0 Å². The minimum absolute atomic E-state index is 0.00226. The minimum Gasteiger partial charge on any atom is -0.430 e. The lowest BCUT2D eigenvalue weighted by molar-refractivity contribution is -0.149. The molecular weight excluding hydrogens is 452 g/mol. The molecule has 2 aliphatic rings. The Balaban J connectivity index is 1.81. The minimum atomic E-state index is -0.639. The molecule has 0 saturated heterocycles. The number of aryl methyl sites for hydroxylation is 1. The number of hydrogen-bond donors (Lipinski definition) is 0. The number of nitrogens with zero attached hydrogens (tertiary/aromatic N) is 2. The molecule has 0 unspecified atom stereocenters. The highest BCUT2D eigenvalue weighted by atomic mass is 79.9. The molecule has 0 amide bonds. The van der Waals surface area contributed by atoms with Gasteiger partial charge >= 0.3 is 5.97 Å². The first kappa shape index (κ1) is 20.4. The summed E-state index contributed by atoms with van der Waals surface area (Å²) in [6.07, 6.45) is 4.21. The molecule has 0 aromatic carbocycles. The van der Waals surface area contributed by atoms with Crippen LogP contribution in [-0.2, 0) is 14.3 Å². The predicted octanol–water partition coefficient (Wildman–Crippen LogP) is 5.58. The maximum atomic E-state index is 13.3. The molecule has 29 heavy (non-hydrogen) atoms. The zero-order chi connectivity index (χ0) is 20.9. The lowest BCUT2D eigenvalue weighted by atomic mass is 9.84. The second-order valence-corrected chi connectivity index (χ2v) is 10.9. The Morgan fingerprint density at radius 1 is 1.24 bits per heavy atom. The Bertz CT molecular complexity index is 1020. The number of carbonyl (C=O) groups excluding carboxylic acids is 2. The van der Waals surface area contributed by atoms with Gasteiger partial charge in [0.05, 0.1) is 22.4 Å². The molecule has 7 heteroatoms. The van der Waals surface area contributed by atoms with E-state index in [9.17, 15) is 9.59 Å². The average Bonchev–Trinajstić information content (AvgIpc) is 3.25. The Hall–Kier alpha value is -1.86. The largest absolute Gasteiger partial charge is 0.430 e. The number of fused-ring (bicyclic) bond motifs is 2. The fourth-order valence-corrected chi connectivity index (χ4v) is 4.98. The first-order chi connectivity index (χ1) is 13.6. The molecule has 2 atom stereocenters. The van der Waals surface area contributed by atoms with E-state index in [1.165, 1.54) is 11.3 Å². The number of ether oxygens (including phenoxy) is 1. The van der Waals surface area contributed by atoms with E-state index in [1.54, 1.807) is 6.20 Å². The van der Waals surface area contributed by atoms with Crippen LogP contribution in [0.15, 0.2) is 28.6 Å². The van der Waals surface area contributed by atoms with E-state index < -0.39 is 5.41 Å². The zero-order valence-electron chi connectivity index (χ0n) is 16.9. The van der Waals surface area contributed by atoms with Gasteiger partial charge in [-0.05, 0) is 75.0 Å². The smallest absolute Gasteiger partial charge is 0.316 e. The molecule has 2 aliphatic carbocycles. The molecule has 1 fully saturated rings. The van der Waals surface area contributed by atoms with Gasteiger partial charge in [-0.25, -0.2) is 4.98 Å². The second kappa shape index (κ2) is 7.43. The van der Waals surface area contributed by atoms with Gasteiger partial charge in [0.15, 0.2) is 5.78 Å². The molecule has 1 saturated carbocycles. The maximum Gasteiger partial charge on any atom is 0.316 e. The number of Topliss-reactive ketones (excluding diaryl/α,β-unsaturated/α-hetero) is 1. The van der Waals surface area contributed by atoms with E-state index >= 15 is 0 Å². The van der Waals surface area contributed by atoms with Gasteiger partial charge in [-0.2, -0.15) is 0 Å².